The minimum atomic E-state index is -0.597. The van der Waals surface area contributed by atoms with E-state index in [0.29, 0.717) is 18.4 Å². The van der Waals surface area contributed by atoms with Crippen LogP contribution in [0.1, 0.15) is 18.9 Å². The maximum Gasteiger partial charge on any atom is 0.129 e. The Morgan fingerprint density at radius 1 is 1.38 bits per heavy atom. The van der Waals surface area contributed by atoms with Gasteiger partial charge in [0, 0.05) is 18.0 Å². The highest BCUT2D eigenvalue weighted by Gasteiger charge is 2.27. The van der Waals surface area contributed by atoms with Crippen LogP contribution in [0.15, 0.2) is 18.2 Å². The van der Waals surface area contributed by atoms with Crippen LogP contribution < -0.4 is 5.73 Å². The Morgan fingerprint density at radius 2 is 2.06 bits per heavy atom. The highest BCUT2D eigenvalue weighted by molar-refractivity contribution is 5.20. The van der Waals surface area contributed by atoms with Crippen LogP contribution in [0.2, 0.25) is 0 Å². The second-order valence-corrected chi connectivity index (χ2v) is 4.13. The van der Waals surface area contributed by atoms with Crippen molar-refractivity contribution in [1.82, 2.24) is 0 Å². The second-order valence-electron chi connectivity index (χ2n) is 4.13. The molecule has 0 amide bonds. The molecule has 0 heterocycles. The number of benzene rings is 1. The van der Waals surface area contributed by atoms with Crippen LogP contribution in [0.4, 0.5) is 8.78 Å². The van der Waals surface area contributed by atoms with Crippen molar-refractivity contribution >= 4 is 0 Å². The van der Waals surface area contributed by atoms with Gasteiger partial charge in [0.05, 0.1) is 6.61 Å². The molecule has 0 aliphatic carbocycles. The van der Waals surface area contributed by atoms with E-state index in [1.54, 1.807) is 0 Å². The predicted molar refractivity (Wildman–Crippen MR) is 58.9 cm³/mol. The van der Waals surface area contributed by atoms with Gasteiger partial charge in [0.25, 0.3) is 0 Å². The minimum absolute atomic E-state index is 0.100. The van der Waals surface area contributed by atoms with Crippen LogP contribution in [0.25, 0.3) is 0 Å². The lowest BCUT2D eigenvalue weighted by Crippen LogP contribution is -2.36. The van der Waals surface area contributed by atoms with Gasteiger partial charge in [-0.15, -0.1) is 0 Å². The number of aliphatic hydroxyl groups excluding tert-OH is 1. The monoisotopic (exact) mass is 229 g/mol. The lowest BCUT2D eigenvalue weighted by molar-refractivity contribution is 0.126. The molecule has 0 radical (unpaired) electrons. The maximum absolute atomic E-state index is 13.4. The Bertz CT molecular complexity index is 343. The molecule has 90 valence electrons. The minimum Gasteiger partial charge on any atom is -0.396 e. The molecule has 0 bridgehead atoms. The topological polar surface area (TPSA) is 46.2 Å². The van der Waals surface area contributed by atoms with E-state index in [0.717, 1.165) is 6.07 Å². The Labute approximate surface area is 94.1 Å². The van der Waals surface area contributed by atoms with Gasteiger partial charge >= 0.3 is 0 Å². The fourth-order valence-corrected chi connectivity index (χ4v) is 1.64. The fraction of sp³-hybridized carbons (Fsp3) is 0.500. The first kappa shape index (κ1) is 13.1. The number of aliphatic hydroxyl groups is 1. The Kier molecular flexibility index (Phi) is 4.38. The highest BCUT2D eigenvalue weighted by atomic mass is 19.1. The van der Waals surface area contributed by atoms with Gasteiger partial charge in [0.15, 0.2) is 0 Å². The van der Waals surface area contributed by atoms with E-state index in [1.807, 2.05) is 6.92 Å². The first-order chi connectivity index (χ1) is 7.56. The van der Waals surface area contributed by atoms with Crippen molar-refractivity contribution in [3.8, 4) is 0 Å². The molecule has 4 heteroatoms. The molecule has 16 heavy (non-hydrogen) atoms. The summed E-state index contributed by atoms with van der Waals surface area (Å²) in [7, 11) is 0. The molecular formula is C12H17F2NO. The normalized spacial score (nSPS) is 14.8. The number of nitrogens with two attached hydrogens (primary N) is 1. The molecule has 0 spiro atoms. The van der Waals surface area contributed by atoms with Crippen molar-refractivity contribution in [2.24, 2.45) is 11.1 Å². The molecular weight excluding hydrogens is 212 g/mol. The molecule has 0 aliphatic rings. The van der Waals surface area contributed by atoms with E-state index in [2.05, 4.69) is 0 Å². The van der Waals surface area contributed by atoms with Crippen LogP contribution in [0.5, 0.6) is 0 Å². The van der Waals surface area contributed by atoms with Gasteiger partial charge in [-0.2, -0.15) is 0 Å². The van der Waals surface area contributed by atoms with E-state index in [1.165, 1.54) is 12.1 Å². The first-order valence-corrected chi connectivity index (χ1v) is 5.32. The Hall–Kier alpha value is -1.00. The molecule has 1 unspecified atom stereocenters. The molecule has 2 nitrogen and oxygen atoms in total. The molecule has 1 aromatic rings. The van der Waals surface area contributed by atoms with Gasteiger partial charge in [0.1, 0.15) is 11.6 Å². The smallest absolute Gasteiger partial charge is 0.129 e. The van der Waals surface area contributed by atoms with Gasteiger partial charge in [-0.3, -0.25) is 0 Å². The molecule has 1 atom stereocenters. The van der Waals surface area contributed by atoms with E-state index in [-0.39, 0.29) is 13.2 Å². The van der Waals surface area contributed by atoms with Crippen molar-refractivity contribution in [3.63, 3.8) is 0 Å². The SMILES string of the molecule is CCC(CN)(CO)Cc1ccc(F)cc1F. The largest absolute Gasteiger partial charge is 0.396 e. The average Bonchev–Trinajstić information content (AvgIpc) is 2.29. The number of hydrogen-bond donors (Lipinski definition) is 2. The number of rotatable bonds is 5. The molecule has 1 aromatic carbocycles. The summed E-state index contributed by atoms with van der Waals surface area (Å²) >= 11 is 0. The number of hydrogen-bond acceptors (Lipinski definition) is 2. The molecule has 1 rings (SSSR count). The molecule has 0 aromatic heterocycles. The third-order valence-corrected chi connectivity index (χ3v) is 3.10. The van der Waals surface area contributed by atoms with E-state index >= 15 is 0 Å². The predicted octanol–water partition coefficient (Wildman–Crippen LogP) is 1.85. The Morgan fingerprint density at radius 3 is 2.50 bits per heavy atom. The van der Waals surface area contributed by atoms with Crippen molar-refractivity contribution < 1.29 is 13.9 Å². The zero-order chi connectivity index (χ0) is 12.2. The van der Waals surface area contributed by atoms with Crippen molar-refractivity contribution in [2.45, 2.75) is 19.8 Å². The van der Waals surface area contributed by atoms with Crippen LogP contribution in [-0.2, 0) is 6.42 Å². The van der Waals surface area contributed by atoms with Gasteiger partial charge < -0.3 is 10.8 Å². The number of halogens is 2. The van der Waals surface area contributed by atoms with Gasteiger partial charge in [-0.05, 0) is 24.5 Å². The lowest BCUT2D eigenvalue weighted by Gasteiger charge is -2.29. The standard InChI is InChI=1S/C12H17F2NO/c1-2-12(7-15,8-16)6-9-3-4-10(13)5-11(9)14/h3-5,16H,2,6-8,15H2,1H3. The van der Waals surface area contributed by atoms with Crippen LogP contribution in [0.3, 0.4) is 0 Å². The van der Waals surface area contributed by atoms with Crippen molar-refractivity contribution in [1.29, 1.82) is 0 Å². The summed E-state index contributed by atoms with van der Waals surface area (Å²) in [5, 5.41) is 9.31. The van der Waals surface area contributed by atoms with E-state index in [4.69, 9.17) is 5.73 Å². The van der Waals surface area contributed by atoms with Crippen LogP contribution in [-0.4, -0.2) is 18.3 Å². The molecule has 3 N–H and O–H groups in total. The Balaban J connectivity index is 2.93. The zero-order valence-corrected chi connectivity index (χ0v) is 9.34. The van der Waals surface area contributed by atoms with E-state index in [9.17, 15) is 13.9 Å². The lowest BCUT2D eigenvalue weighted by atomic mass is 9.80. The van der Waals surface area contributed by atoms with Gasteiger partial charge in [0.2, 0.25) is 0 Å². The quantitative estimate of drug-likeness (QED) is 0.809. The molecule has 0 fully saturated rings. The van der Waals surface area contributed by atoms with Crippen LogP contribution in [0, 0.1) is 17.0 Å². The third kappa shape index (κ3) is 2.77. The van der Waals surface area contributed by atoms with Crippen molar-refractivity contribution in [3.05, 3.63) is 35.4 Å². The van der Waals surface area contributed by atoms with Gasteiger partial charge in [-0.25, -0.2) is 8.78 Å². The second kappa shape index (κ2) is 5.37. The summed E-state index contributed by atoms with van der Waals surface area (Å²) in [6, 6.07) is 3.47. The summed E-state index contributed by atoms with van der Waals surface area (Å²) in [5.74, 6) is -1.18. The average molecular weight is 229 g/mol. The summed E-state index contributed by atoms with van der Waals surface area (Å²) in [6.45, 7) is 2.07. The maximum atomic E-state index is 13.4. The summed E-state index contributed by atoms with van der Waals surface area (Å²) < 4.78 is 26.1. The van der Waals surface area contributed by atoms with Crippen LogP contribution >= 0.6 is 0 Å². The molecule has 0 saturated carbocycles. The highest BCUT2D eigenvalue weighted by Crippen LogP contribution is 2.26. The molecule has 0 saturated heterocycles. The first-order valence-electron chi connectivity index (χ1n) is 5.32. The zero-order valence-electron chi connectivity index (χ0n) is 9.34. The summed E-state index contributed by atoms with van der Waals surface area (Å²) in [4.78, 5) is 0. The van der Waals surface area contributed by atoms with Crippen molar-refractivity contribution in [2.75, 3.05) is 13.2 Å². The third-order valence-electron chi connectivity index (χ3n) is 3.10. The van der Waals surface area contributed by atoms with E-state index < -0.39 is 17.0 Å². The van der Waals surface area contributed by atoms with Gasteiger partial charge in [-0.1, -0.05) is 13.0 Å². The molecule has 0 aliphatic heterocycles. The fourth-order valence-electron chi connectivity index (χ4n) is 1.64. The summed E-state index contributed by atoms with van der Waals surface area (Å²) in [6.07, 6.45) is 0.972. The summed E-state index contributed by atoms with van der Waals surface area (Å²) in [5.41, 5.74) is 5.48.